The van der Waals surface area contributed by atoms with E-state index in [-0.39, 0.29) is 5.41 Å². The standard InChI is InChI=1S/C15H29N5O/c1-9(2)7-11(21)8-17-12-10(3)13(20-16)19-14(18-12)15(4,5)6/h9,11,21H,7-8,16H2,1-6H3,(H2,17,18,19,20). The minimum absolute atomic E-state index is 0.174. The summed E-state index contributed by atoms with van der Waals surface area (Å²) in [5, 5.41) is 13.2. The van der Waals surface area contributed by atoms with Gasteiger partial charge in [0.05, 0.1) is 6.10 Å². The Labute approximate surface area is 127 Å². The Kier molecular flexibility index (Phi) is 5.92. The number of hydrazine groups is 1. The molecule has 0 aliphatic heterocycles. The molecular formula is C15H29N5O. The van der Waals surface area contributed by atoms with Gasteiger partial charge in [-0.1, -0.05) is 34.6 Å². The van der Waals surface area contributed by atoms with Crippen LogP contribution in [0.5, 0.6) is 0 Å². The Morgan fingerprint density at radius 3 is 2.24 bits per heavy atom. The maximum absolute atomic E-state index is 9.98. The molecule has 1 rings (SSSR count). The number of aromatic nitrogens is 2. The smallest absolute Gasteiger partial charge is 0.148 e. The summed E-state index contributed by atoms with van der Waals surface area (Å²) >= 11 is 0. The first kappa shape index (κ1) is 17.7. The highest BCUT2D eigenvalue weighted by Crippen LogP contribution is 2.25. The lowest BCUT2D eigenvalue weighted by Crippen LogP contribution is -2.25. The molecule has 0 spiro atoms. The Balaban J connectivity index is 2.95. The van der Waals surface area contributed by atoms with Crippen LogP contribution in [0, 0.1) is 12.8 Å². The number of hydrogen-bond acceptors (Lipinski definition) is 6. The highest BCUT2D eigenvalue weighted by Gasteiger charge is 2.21. The Bertz CT molecular complexity index is 468. The van der Waals surface area contributed by atoms with Crippen molar-refractivity contribution < 1.29 is 5.11 Å². The van der Waals surface area contributed by atoms with Gasteiger partial charge >= 0.3 is 0 Å². The molecule has 1 aromatic rings. The van der Waals surface area contributed by atoms with Crippen molar-refractivity contribution in [2.24, 2.45) is 11.8 Å². The van der Waals surface area contributed by atoms with Gasteiger partial charge in [-0.05, 0) is 19.3 Å². The summed E-state index contributed by atoms with van der Waals surface area (Å²) in [6.07, 6.45) is 0.359. The number of nitrogens with two attached hydrogens (primary N) is 1. The van der Waals surface area contributed by atoms with E-state index in [0.29, 0.717) is 29.9 Å². The third-order valence-electron chi connectivity index (χ3n) is 3.20. The number of nitrogens with one attached hydrogen (secondary N) is 2. The molecular weight excluding hydrogens is 266 g/mol. The molecule has 0 saturated heterocycles. The predicted octanol–water partition coefficient (Wildman–Crippen LogP) is 2.19. The number of nitrogen functional groups attached to an aromatic ring is 1. The average Bonchev–Trinajstić information content (AvgIpc) is 2.35. The first-order valence-corrected chi connectivity index (χ1v) is 7.42. The first-order valence-electron chi connectivity index (χ1n) is 7.42. The van der Waals surface area contributed by atoms with E-state index in [4.69, 9.17) is 5.84 Å². The number of rotatable bonds is 6. The van der Waals surface area contributed by atoms with Crippen molar-refractivity contribution >= 4 is 11.6 Å². The van der Waals surface area contributed by atoms with Crippen LogP contribution >= 0.6 is 0 Å². The number of aliphatic hydroxyl groups excluding tert-OH is 1. The van der Waals surface area contributed by atoms with E-state index in [9.17, 15) is 5.11 Å². The van der Waals surface area contributed by atoms with Gasteiger partial charge in [0.25, 0.3) is 0 Å². The quantitative estimate of drug-likeness (QED) is 0.474. The summed E-state index contributed by atoms with van der Waals surface area (Å²) in [7, 11) is 0. The Morgan fingerprint density at radius 1 is 1.19 bits per heavy atom. The van der Waals surface area contributed by atoms with Crippen LogP contribution in [0.1, 0.15) is 52.4 Å². The monoisotopic (exact) mass is 295 g/mol. The van der Waals surface area contributed by atoms with E-state index < -0.39 is 6.10 Å². The number of anilines is 2. The molecule has 6 heteroatoms. The summed E-state index contributed by atoms with van der Waals surface area (Å²) in [5.74, 6) is 8.03. The third-order valence-corrected chi connectivity index (χ3v) is 3.20. The highest BCUT2D eigenvalue weighted by molar-refractivity contribution is 5.57. The zero-order valence-corrected chi connectivity index (χ0v) is 14.0. The zero-order chi connectivity index (χ0) is 16.2. The fourth-order valence-electron chi connectivity index (χ4n) is 2.01. The summed E-state index contributed by atoms with van der Waals surface area (Å²) in [6, 6.07) is 0. The van der Waals surface area contributed by atoms with Crippen molar-refractivity contribution in [3.05, 3.63) is 11.4 Å². The van der Waals surface area contributed by atoms with Gasteiger partial charge in [0.15, 0.2) is 0 Å². The predicted molar refractivity (Wildman–Crippen MR) is 87.2 cm³/mol. The molecule has 0 aliphatic rings. The van der Waals surface area contributed by atoms with E-state index in [0.717, 1.165) is 12.0 Å². The van der Waals surface area contributed by atoms with E-state index in [1.165, 1.54) is 0 Å². The SMILES string of the molecule is Cc1c(NN)nc(C(C)(C)C)nc1NCC(O)CC(C)C. The first-order chi connectivity index (χ1) is 9.65. The molecule has 1 aromatic heterocycles. The molecule has 0 amide bonds. The van der Waals surface area contributed by atoms with Crippen LogP contribution in [0.25, 0.3) is 0 Å². The fourth-order valence-corrected chi connectivity index (χ4v) is 2.01. The van der Waals surface area contributed by atoms with Gasteiger partial charge in [0.2, 0.25) is 0 Å². The molecule has 0 saturated carbocycles. The highest BCUT2D eigenvalue weighted by atomic mass is 16.3. The van der Waals surface area contributed by atoms with Crippen LogP contribution in [0.15, 0.2) is 0 Å². The second kappa shape index (κ2) is 7.04. The molecule has 1 heterocycles. The number of nitrogens with zero attached hydrogens (tertiary/aromatic N) is 2. The summed E-state index contributed by atoms with van der Waals surface area (Å²) in [5.41, 5.74) is 3.29. The zero-order valence-electron chi connectivity index (χ0n) is 14.0. The van der Waals surface area contributed by atoms with Crippen LogP contribution in [0.2, 0.25) is 0 Å². The topological polar surface area (TPSA) is 96.1 Å². The molecule has 0 bridgehead atoms. The van der Waals surface area contributed by atoms with Crippen molar-refractivity contribution in [3.8, 4) is 0 Å². The van der Waals surface area contributed by atoms with E-state index >= 15 is 0 Å². The lowest BCUT2D eigenvalue weighted by atomic mass is 9.95. The van der Waals surface area contributed by atoms with E-state index in [1.54, 1.807) is 0 Å². The maximum Gasteiger partial charge on any atom is 0.148 e. The largest absolute Gasteiger partial charge is 0.391 e. The van der Waals surface area contributed by atoms with Crippen molar-refractivity contribution in [2.75, 3.05) is 17.3 Å². The van der Waals surface area contributed by atoms with Gasteiger partial charge in [-0.3, -0.25) is 0 Å². The van der Waals surface area contributed by atoms with Gasteiger partial charge in [-0.15, -0.1) is 0 Å². The number of hydrogen-bond donors (Lipinski definition) is 4. The van der Waals surface area contributed by atoms with Gasteiger partial charge in [-0.25, -0.2) is 15.8 Å². The summed E-state index contributed by atoms with van der Waals surface area (Å²) in [4.78, 5) is 9.02. The number of aliphatic hydroxyl groups is 1. The van der Waals surface area contributed by atoms with Crippen LogP contribution < -0.4 is 16.6 Å². The maximum atomic E-state index is 9.98. The van der Waals surface area contributed by atoms with Gasteiger partial charge in [0, 0.05) is 17.5 Å². The average molecular weight is 295 g/mol. The van der Waals surface area contributed by atoms with Crippen LogP contribution in [-0.4, -0.2) is 27.7 Å². The second-order valence-electron chi connectivity index (χ2n) is 6.93. The molecule has 0 fully saturated rings. The minimum atomic E-state index is -0.397. The van der Waals surface area contributed by atoms with Crippen molar-refractivity contribution in [3.63, 3.8) is 0 Å². The molecule has 6 nitrogen and oxygen atoms in total. The normalized spacial score (nSPS) is 13.4. The third kappa shape index (κ3) is 5.13. The Morgan fingerprint density at radius 2 is 1.76 bits per heavy atom. The van der Waals surface area contributed by atoms with Gasteiger partial charge in [0.1, 0.15) is 17.5 Å². The van der Waals surface area contributed by atoms with Crippen LogP contribution in [0.4, 0.5) is 11.6 Å². The van der Waals surface area contributed by atoms with Crippen molar-refractivity contribution in [1.29, 1.82) is 0 Å². The van der Waals surface area contributed by atoms with Crippen LogP contribution in [-0.2, 0) is 5.41 Å². The van der Waals surface area contributed by atoms with Crippen LogP contribution in [0.3, 0.4) is 0 Å². The molecule has 0 radical (unpaired) electrons. The molecule has 1 atom stereocenters. The summed E-state index contributed by atoms with van der Waals surface area (Å²) in [6.45, 7) is 12.7. The lowest BCUT2D eigenvalue weighted by Gasteiger charge is -2.21. The second-order valence-corrected chi connectivity index (χ2v) is 6.93. The molecule has 21 heavy (non-hydrogen) atoms. The molecule has 0 aliphatic carbocycles. The fraction of sp³-hybridized carbons (Fsp3) is 0.733. The molecule has 1 unspecified atom stereocenters. The molecule has 120 valence electrons. The minimum Gasteiger partial charge on any atom is -0.391 e. The Hall–Kier alpha value is -1.40. The van der Waals surface area contributed by atoms with Crippen molar-refractivity contribution in [2.45, 2.75) is 59.5 Å². The van der Waals surface area contributed by atoms with Gasteiger partial charge < -0.3 is 15.8 Å². The lowest BCUT2D eigenvalue weighted by molar-refractivity contribution is 0.161. The molecule has 5 N–H and O–H groups in total. The van der Waals surface area contributed by atoms with Crippen molar-refractivity contribution in [1.82, 2.24) is 9.97 Å². The summed E-state index contributed by atoms with van der Waals surface area (Å²) < 4.78 is 0. The molecule has 0 aromatic carbocycles. The van der Waals surface area contributed by atoms with E-state index in [2.05, 4.69) is 55.3 Å². The van der Waals surface area contributed by atoms with Gasteiger partial charge in [-0.2, -0.15) is 0 Å². The van der Waals surface area contributed by atoms with E-state index in [1.807, 2.05) is 6.92 Å².